The first-order valence-electron chi connectivity index (χ1n) is 8.92. The summed E-state index contributed by atoms with van der Waals surface area (Å²) in [7, 11) is 0. The zero-order valence-corrected chi connectivity index (χ0v) is 15.5. The van der Waals surface area contributed by atoms with Crippen molar-refractivity contribution >= 4 is 18.5 Å². The molecule has 0 bridgehead atoms. The highest BCUT2D eigenvalue weighted by Gasteiger charge is 2.64. The maximum absolute atomic E-state index is 12.9. The molecule has 2 heterocycles. The first kappa shape index (κ1) is 17.1. The molecule has 5 nitrogen and oxygen atoms in total. The van der Waals surface area contributed by atoms with Crippen LogP contribution >= 0.6 is 0 Å². The standard InChI is InChI=1S/C20H23BNO4/c1-19(2)20(3,4)26-21(25-19)17(15-11-7-5-8-12-15)22(18(23)24-21)16-13-9-6-10-14-16/h5-14,17H,1-4H3/q-1/t17-/m0/s1. The van der Waals surface area contributed by atoms with E-state index < -0.39 is 30.0 Å². The van der Waals surface area contributed by atoms with Gasteiger partial charge in [0.25, 0.3) is 0 Å². The molecular weight excluding hydrogens is 329 g/mol. The third-order valence-corrected chi connectivity index (χ3v) is 5.67. The van der Waals surface area contributed by atoms with Gasteiger partial charge in [-0.25, -0.2) is 4.79 Å². The van der Waals surface area contributed by atoms with Crippen molar-refractivity contribution in [1.82, 2.24) is 0 Å². The van der Waals surface area contributed by atoms with Crippen molar-refractivity contribution in [2.75, 3.05) is 4.90 Å². The highest BCUT2D eigenvalue weighted by Crippen LogP contribution is 2.52. The Morgan fingerprint density at radius 1 is 0.846 bits per heavy atom. The number of amides is 1. The van der Waals surface area contributed by atoms with Crippen LogP contribution in [0.15, 0.2) is 60.7 Å². The zero-order chi connectivity index (χ0) is 18.6. The minimum Gasteiger partial charge on any atom is -0.625 e. The fourth-order valence-corrected chi connectivity index (χ4v) is 3.75. The monoisotopic (exact) mass is 352 g/mol. The topological polar surface area (TPSA) is 48.0 Å². The van der Waals surface area contributed by atoms with Gasteiger partial charge in [-0.15, -0.1) is 0 Å². The van der Waals surface area contributed by atoms with Gasteiger partial charge in [-0.2, -0.15) is 0 Å². The molecule has 1 amide bonds. The molecule has 0 saturated carbocycles. The fourth-order valence-electron chi connectivity index (χ4n) is 3.75. The molecule has 0 unspecified atom stereocenters. The van der Waals surface area contributed by atoms with E-state index in [9.17, 15) is 4.79 Å². The van der Waals surface area contributed by atoms with Gasteiger partial charge in [0.05, 0.1) is 0 Å². The van der Waals surface area contributed by atoms with Crippen LogP contribution in [-0.2, 0) is 14.0 Å². The molecule has 0 radical (unpaired) electrons. The van der Waals surface area contributed by atoms with Crippen molar-refractivity contribution in [2.24, 2.45) is 0 Å². The largest absolute Gasteiger partial charge is 0.625 e. The van der Waals surface area contributed by atoms with E-state index in [0.29, 0.717) is 0 Å². The van der Waals surface area contributed by atoms with Crippen LogP contribution in [0.2, 0.25) is 0 Å². The number of carbonyl (C=O) groups is 1. The summed E-state index contributed by atoms with van der Waals surface area (Å²) in [4.78, 5) is 14.5. The number of para-hydroxylation sites is 1. The maximum atomic E-state index is 12.9. The molecule has 1 atom stereocenters. The number of hydrogen-bond donors (Lipinski definition) is 0. The van der Waals surface area contributed by atoms with E-state index in [0.717, 1.165) is 11.3 Å². The summed E-state index contributed by atoms with van der Waals surface area (Å²) < 4.78 is 18.5. The van der Waals surface area contributed by atoms with Gasteiger partial charge < -0.3 is 18.9 Å². The van der Waals surface area contributed by atoms with Gasteiger partial charge in [0.15, 0.2) is 0 Å². The molecule has 2 aromatic carbocycles. The van der Waals surface area contributed by atoms with Crippen molar-refractivity contribution in [3.05, 3.63) is 66.2 Å². The van der Waals surface area contributed by atoms with E-state index in [4.69, 9.17) is 14.0 Å². The van der Waals surface area contributed by atoms with E-state index in [1.165, 1.54) is 0 Å². The van der Waals surface area contributed by atoms with Crippen molar-refractivity contribution in [3.63, 3.8) is 0 Å². The summed E-state index contributed by atoms with van der Waals surface area (Å²) in [5.74, 6) is -0.493. The molecule has 0 aromatic heterocycles. The molecule has 2 aliphatic rings. The molecule has 0 aliphatic carbocycles. The van der Waals surface area contributed by atoms with Crippen molar-refractivity contribution in [1.29, 1.82) is 0 Å². The number of anilines is 1. The SMILES string of the molecule is CC1(C)O[B-]2(OC(=O)N(c3ccccc3)[C@H]2c2ccccc2)OC1(C)C. The lowest BCUT2D eigenvalue weighted by atomic mass is 9.65. The Hall–Kier alpha value is -2.31. The minimum atomic E-state index is -2.33. The Labute approximate surface area is 153 Å². The lowest BCUT2D eigenvalue weighted by molar-refractivity contribution is 0.00578. The van der Waals surface area contributed by atoms with Crippen molar-refractivity contribution in [2.45, 2.75) is 44.8 Å². The highest BCUT2D eigenvalue weighted by atomic mass is 16.8. The van der Waals surface area contributed by atoms with E-state index in [2.05, 4.69) is 0 Å². The van der Waals surface area contributed by atoms with Gasteiger partial charge in [-0.3, -0.25) is 0 Å². The third kappa shape index (κ3) is 2.44. The number of rotatable bonds is 2. The number of nitrogens with zero attached hydrogens (tertiary/aromatic N) is 1. The average Bonchev–Trinajstić information content (AvgIpc) is 2.96. The lowest BCUT2D eigenvalue weighted by Gasteiger charge is -2.37. The first-order valence-corrected chi connectivity index (χ1v) is 8.92. The van der Waals surface area contributed by atoms with Crippen LogP contribution in [0.25, 0.3) is 0 Å². The molecule has 6 heteroatoms. The summed E-state index contributed by atoms with van der Waals surface area (Å²) in [6.45, 7) is 5.52. The molecule has 2 aliphatic heterocycles. The van der Waals surface area contributed by atoms with Crippen LogP contribution in [0.3, 0.4) is 0 Å². The molecule has 4 rings (SSSR count). The van der Waals surface area contributed by atoms with Gasteiger partial charge in [-0.05, 0) is 39.8 Å². The van der Waals surface area contributed by atoms with Crippen LogP contribution in [-0.4, -0.2) is 24.0 Å². The Kier molecular flexibility index (Phi) is 3.69. The van der Waals surface area contributed by atoms with E-state index in [1.807, 2.05) is 88.4 Å². The number of benzene rings is 2. The molecule has 0 N–H and O–H groups in total. The second kappa shape index (κ2) is 5.59. The van der Waals surface area contributed by atoms with E-state index >= 15 is 0 Å². The summed E-state index contributed by atoms with van der Waals surface area (Å²) in [6, 6.07) is 19.2. The predicted octanol–water partition coefficient (Wildman–Crippen LogP) is 4.47. The van der Waals surface area contributed by atoms with Gasteiger partial charge in [0.2, 0.25) is 0 Å². The van der Waals surface area contributed by atoms with Gasteiger partial charge in [0.1, 0.15) is 0 Å². The quantitative estimate of drug-likeness (QED) is 0.749. The zero-order valence-electron chi connectivity index (χ0n) is 15.5. The predicted molar refractivity (Wildman–Crippen MR) is 101 cm³/mol. The molecular formula is C20H23BNO4-. The van der Waals surface area contributed by atoms with Gasteiger partial charge in [0, 0.05) is 22.8 Å². The van der Waals surface area contributed by atoms with Crippen LogP contribution in [0.1, 0.15) is 39.2 Å². The van der Waals surface area contributed by atoms with E-state index in [1.54, 1.807) is 4.90 Å². The Bertz CT molecular complexity index is 806. The van der Waals surface area contributed by atoms with Crippen LogP contribution in [0.4, 0.5) is 10.5 Å². The minimum absolute atomic E-state index is 0.460. The average molecular weight is 352 g/mol. The van der Waals surface area contributed by atoms with Gasteiger partial charge >= 0.3 is 12.8 Å². The van der Waals surface area contributed by atoms with Gasteiger partial charge in [-0.1, -0.05) is 54.1 Å². The summed E-state index contributed by atoms with van der Waals surface area (Å²) in [5, 5.41) is 0. The summed E-state index contributed by atoms with van der Waals surface area (Å²) in [6.07, 6.45) is -0.460. The van der Waals surface area contributed by atoms with Crippen LogP contribution in [0, 0.1) is 0 Å². The maximum Gasteiger partial charge on any atom is 0.466 e. The second-order valence-electron chi connectivity index (χ2n) is 7.90. The Morgan fingerprint density at radius 2 is 1.35 bits per heavy atom. The van der Waals surface area contributed by atoms with Crippen molar-refractivity contribution in [3.8, 4) is 0 Å². The summed E-state index contributed by atoms with van der Waals surface area (Å²) >= 11 is 0. The van der Waals surface area contributed by atoms with Crippen LogP contribution < -0.4 is 4.90 Å². The lowest BCUT2D eigenvalue weighted by Crippen LogP contribution is -2.47. The Balaban J connectivity index is 1.87. The highest BCUT2D eigenvalue weighted by molar-refractivity contribution is 6.68. The molecule has 1 spiro atoms. The van der Waals surface area contributed by atoms with Crippen LogP contribution in [0.5, 0.6) is 0 Å². The summed E-state index contributed by atoms with van der Waals surface area (Å²) in [5.41, 5.74) is 0.454. The molecule has 26 heavy (non-hydrogen) atoms. The normalized spacial score (nSPS) is 25.5. The molecule has 136 valence electrons. The second-order valence-corrected chi connectivity index (χ2v) is 7.90. The number of carbonyl (C=O) groups excluding carboxylic acids is 1. The molecule has 2 fully saturated rings. The first-order chi connectivity index (χ1) is 12.3. The van der Waals surface area contributed by atoms with Crippen molar-refractivity contribution < 1.29 is 18.8 Å². The number of hydrogen-bond acceptors (Lipinski definition) is 4. The molecule has 2 aromatic rings. The van der Waals surface area contributed by atoms with E-state index in [-0.39, 0.29) is 0 Å². The Morgan fingerprint density at radius 3 is 1.88 bits per heavy atom. The molecule has 2 saturated heterocycles. The smallest absolute Gasteiger partial charge is 0.466 e. The third-order valence-electron chi connectivity index (χ3n) is 5.67. The fraction of sp³-hybridized carbons (Fsp3) is 0.350.